The van der Waals surface area contributed by atoms with Gasteiger partial charge in [0.2, 0.25) is 5.91 Å². The van der Waals surface area contributed by atoms with Crippen LogP contribution < -0.4 is 19.7 Å². The van der Waals surface area contributed by atoms with E-state index < -0.39 is 0 Å². The molecule has 0 unspecified atom stereocenters. The average Bonchev–Trinajstić information content (AvgIpc) is 3.39. The second-order valence-electron chi connectivity index (χ2n) is 10.4. The smallest absolute Gasteiger partial charge is 0.223 e. The molecular formula is C30H38N4O4. The van der Waals surface area contributed by atoms with Crippen molar-refractivity contribution in [1.82, 2.24) is 15.4 Å². The van der Waals surface area contributed by atoms with Gasteiger partial charge < -0.3 is 29.1 Å². The molecule has 1 aromatic heterocycles. The minimum absolute atomic E-state index is 0.229. The van der Waals surface area contributed by atoms with Crippen LogP contribution in [0.4, 0.5) is 5.69 Å². The number of carbonyl (C=O) groups excluding carboxylic acids is 1. The van der Waals surface area contributed by atoms with Crippen molar-refractivity contribution < 1.29 is 18.8 Å². The summed E-state index contributed by atoms with van der Waals surface area (Å²) in [7, 11) is 5.35. The number of piperidine rings is 1. The van der Waals surface area contributed by atoms with Crippen molar-refractivity contribution >= 4 is 11.6 Å². The van der Waals surface area contributed by atoms with Crippen LogP contribution in [0.1, 0.15) is 35.4 Å². The van der Waals surface area contributed by atoms with Gasteiger partial charge in [-0.05, 0) is 79.6 Å². The van der Waals surface area contributed by atoms with Crippen LogP contribution in [0.5, 0.6) is 11.5 Å². The molecule has 2 aliphatic rings. The number of methoxy groups -OCH3 is 2. The van der Waals surface area contributed by atoms with Gasteiger partial charge in [0.15, 0.2) is 17.3 Å². The van der Waals surface area contributed by atoms with Crippen molar-refractivity contribution in [3.63, 3.8) is 0 Å². The van der Waals surface area contributed by atoms with Gasteiger partial charge >= 0.3 is 0 Å². The zero-order chi connectivity index (χ0) is 26.5. The van der Waals surface area contributed by atoms with Gasteiger partial charge in [-0.25, -0.2) is 0 Å². The summed E-state index contributed by atoms with van der Waals surface area (Å²) in [6.45, 7) is 3.85. The Bertz CT molecular complexity index is 1230. The van der Waals surface area contributed by atoms with Gasteiger partial charge in [-0.15, -0.1) is 0 Å². The number of rotatable bonds is 9. The summed E-state index contributed by atoms with van der Waals surface area (Å²) in [4.78, 5) is 17.6. The Morgan fingerprint density at radius 3 is 2.63 bits per heavy atom. The maximum atomic E-state index is 13.4. The molecule has 0 bridgehead atoms. The lowest BCUT2D eigenvalue weighted by atomic mass is 9.80. The van der Waals surface area contributed by atoms with Gasteiger partial charge in [-0.2, -0.15) is 0 Å². The van der Waals surface area contributed by atoms with Crippen molar-refractivity contribution in [3.8, 4) is 11.5 Å². The number of nitrogens with one attached hydrogen (secondary N) is 1. The molecule has 0 saturated carbocycles. The van der Waals surface area contributed by atoms with Gasteiger partial charge in [0.05, 0.1) is 26.5 Å². The van der Waals surface area contributed by atoms with Gasteiger partial charge in [0.25, 0.3) is 0 Å². The quantitative estimate of drug-likeness (QED) is 0.457. The normalized spacial score (nSPS) is 19.1. The predicted octanol–water partition coefficient (Wildman–Crippen LogP) is 4.07. The molecule has 3 aromatic rings. The number of hydrogen-bond acceptors (Lipinski definition) is 7. The molecule has 1 saturated heterocycles. The number of para-hydroxylation sites is 1. The Kier molecular flexibility index (Phi) is 8.17. The van der Waals surface area contributed by atoms with E-state index in [4.69, 9.17) is 14.0 Å². The molecular weight excluding hydrogens is 480 g/mol. The van der Waals surface area contributed by atoms with Crippen LogP contribution >= 0.6 is 0 Å². The lowest BCUT2D eigenvalue weighted by Gasteiger charge is -2.35. The molecule has 1 fully saturated rings. The molecule has 3 heterocycles. The van der Waals surface area contributed by atoms with Crippen molar-refractivity contribution in [1.29, 1.82) is 0 Å². The molecule has 8 nitrogen and oxygen atoms in total. The summed E-state index contributed by atoms with van der Waals surface area (Å²) < 4.78 is 16.6. The Labute approximate surface area is 224 Å². The number of anilines is 1. The van der Waals surface area contributed by atoms with Crippen LogP contribution in [-0.2, 0) is 30.7 Å². The number of nitrogens with zero attached hydrogens (tertiary/aromatic N) is 3. The van der Waals surface area contributed by atoms with Crippen LogP contribution in [-0.4, -0.2) is 56.9 Å². The fraction of sp³-hybridized carbons (Fsp3) is 0.467. The number of hydrogen-bond donors (Lipinski definition) is 1. The molecule has 38 heavy (non-hydrogen) atoms. The Hall–Kier alpha value is -3.52. The first-order chi connectivity index (χ1) is 18.5. The monoisotopic (exact) mass is 518 g/mol. The maximum Gasteiger partial charge on any atom is 0.223 e. The summed E-state index contributed by atoms with van der Waals surface area (Å²) in [6, 6.07) is 16.4. The van der Waals surface area contributed by atoms with E-state index in [1.165, 1.54) is 5.56 Å². The standard InChI is InChI=1S/C30H38N4O4/c1-33(26-7-5-4-6-8-26)20-27-17-25(32-38-27)13-23-18-31-11-9-21(23)16-30(35)34-12-10-22-14-28(36-2)29(37-3)15-24(22)19-34/h4-8,14-15,17,21,23,31H,9-13,16,18-20H2,1-3H3/t21-,23-/m0/s1. The van der Waals surface area contributed by atoms with E-state index in [0.29, 0.717) is 37.1 Å². The first-order valence-corrected chi connectivity index (χ1v) is 13.5. The van der Waals surface area contributed by atoms with Crippen molar-refractivity contribution in [3.05, 3.63) is 71.1 Å². The Morgan fingerprint density at radius 2 is 1.87 bits per heavy atom. The minimum Gasteiger partial charge on any atom is -0.493 e. The van der Waals surface area contributed by atoms with E-state index in [-0.39, 0.29) is 5.91 Å². The molecule has 2 aromatic carbocycles. The molecule has 2 atom stereocenters. The highest BCUT2D eigenvalue weighted by molar-refractivity contribution is 5.77. The fourth-order valence-corrected chi connectivity index (χ4v) is 5.74. The molecule has 1 amide bonds. The highest BCUT2D eigenvalue weighted by Gasteiger charge is 2.31. The molecule has 0 aliphatic carbocycles. The van der Waals surface area contributed by atoms with Crippen molar-refractivity contribution in [2.45, 2.75) is 38.8 Å². The third kappa shape index (κ3) is 5.96. The number of fused-ring (bicyclic) bond motifs is 1. The minimum atomic E-state index is 0.229. The number of benzene rings is 2. The van der Waals surface area contributed by atoms with Crippen LogP contribution in [0.15, 0.2) is 53.1 Å². The molecule has 5 rings (SSSR count). The first kappa shape index (κ1) is 26.1. The van der Waals surface area contributed by atoms with E-state index in [2.05, 4.69) is 40.6 Å². The molecule has 8 heteroatoms. The van der Waals surface area contributed by atoms with Crippen molar-refractivity contribution in [2.75, 3.05) is 45.8 Å². The molecule has 1 N–H and O–H groups in total. The second-order valence-corrected chi connectivity index (χ2v) is 10.4. The number of aromatic nitrogens is 1. The van der Waals surface area contributed by atoms with Gasteiger partial charge in [-0.3, -0.25) is 4.79 Å². The summed E-state index contributed by atoms with van der Waals surface area (Å²) >= 11 is 0. The number of ether oxygens (including phenoxy) is 2. The number of carbonyl (C=O) groups is 1. The molecule has 0 spiro atoms. The second kappa shape index (κ2) is 11.9. The largest absolute Gasteiger partial charge is 0.493 e. The fourth-order valence-electron chi connectivity index (χ4n) is 5.74. The summed E-state index contributed by atoms with van der Waals surface area (Å²) in [5, 5.41) is 7.89. The van der Waals surface area contributed by atoms with E-state index in [0.717, 1.165) is 67.4 Å². The van der Waals surface area contributed by atoms with Gasteiger partial charge in [-0.1, -0.05) is 23.4 Å². The SMILES string of the molecule is COc1cc2c(cc1OC)CN(C(=O)C[C@@H]1CCNC[C@@H]1Cc1cc(CN(C)c3ccccc3)on1)CC2. The number of amides is 1. The van der Waals surface area contributed by atoms with Crippen molar-refractivity contribution in [2.24, 2.45) is 11.8 Å². The van der Waals surface area contributed by atoms with E-state index >= 15 is 0 Å². The zero-order valence-corrected chi connectivity index (χ0v) is 22.6. The summed E-state index contributed by atoms with van der Waals surface area (Å²) in [5.74, 6) is 3.20. The lowest BCUT2D eigenvalue weighted by molar-refractivity contribution is -0.133. The van der Waals surface area contributed by atoms with Crippen LogP contribution in [0.3, 0.4) is 0 Å². The van der Waals surface area contributed by atoms with Gasteiger partial charge in [0.1, 0.15) is 0 Å². The molecule has 0 radical (unpaired) electrons. The Balaban J connectivity index is 1.19. The van der Waals surface area contributed by atoms with E-state index in [1.54, 1.807) is 14.2 Å². The topological polar surface area (TPSA) is 80.1 Å². The average molecular weight is 519 g/mol. The predicted molar refractivity (Wildman–Crippen MR) is 147 cm³/mol. The summed E-state index contributed by atoms with van der Waals surface area (Å²) in [5.41, 5.74) is 4.46. The molecule has 202 valence electrons. The van der Waals surface area contributed by atoms with Crippen LogP contribution in [0.25, 0.3) is 0 Å². The highest BCUT2D eigenvalue weighted by atomic mass is 16.5. The van der Waals surface area contributed by atoms with Crippen LogP contribution in [0.2, 0.25) is 0 Å². The first-order valence-electron chi connectivity index (χ1n) is 13.5. The third-order valence-electron chi connectivity index (χ3n) is 7.94. The van der Waals surface area contributed by atoms with E-state index in [1.807, 2.05) is 35.2 Å². The zero-order valence-electron chi connectivity index (χ0n) is 22.6. The lowest BCUT2D eigenvalue weighted by Crippen LogP contribution is -2.42. The van der Waals surface area contributed by atoms with Crippen LogP contribution in [0, 0.1) is 11.8 Å². The summed E-state index contributed by atoms with van der Waals surface area (Å²) in [6.07, 6.45) is 3.20. The molecule has 2 aliphatic heterocycles. The van der Waals surface area contributed by atoms with Gasteiger partial charge in [0, 0.05) is 38.3 Å². The Morgan fingerprint density at radius 1 is 1.11 bits per heavy atom. The van der Waals surface area contributed by atoms with E-state index in [9.17, 15) is 4.79 Å². The maximum absolute atomic E-state index is 13.4. The third-order valence-corrected chi connectivity index (χ3v) is 7.94. The highest BCUT2D eigenvalue weighted by Crippen LogP contribution is 2.34.